The van der Waals surface area contributed by atoms with Gasteiger partial charge in [-0.05, 0) is 25.0 Å². The third-order valence-electron chi connectivity index (χ3n) is 3.74. The maximum absolute atomic E-state index is 12.3. The Balaban J connectivity index is 1.98. The zero-order valence-electron chi connectivity index (χ0n) is 11.8. The quantitative estimate of drug-likeness (QED) is 0.906. The van der Waals surface area contributed by atoms with Crippen LogP contribution in [0.15, 0.2) is 16.5 Å². The predicted octanol–water partition coefficient (Wildman–Crippen LogP) is 3.11. The summed E-state index contributed by atoms with van der Waals surface area (Å²) < 4.78 is 29.6. The van der Waals surface area contributed by atoms with Crippen molar-refractivity contribution < 1.29 is 23.1 Å². The molecule has 21 heavy (non-hydrogen) atoms. The lowest BCUT2D eigenvalue weighted by molar-refractivity contribution is 0.0249. The maximum atomic E-state index is 12.3. The van der Waals surface area contributed by atoms with Gasteiger partial charge in [-0.25, -0.2) is 0 Å². The van der Waals surface area contributed by atoms with E-state index in [1.165, 1.54) is 17.0 Å². The van der Waals surface area contributed by atoms with Crippen molar-refractivity contribution in [2.45, 2.75) is 49.3 Å². The first-order valence-corrected chi connectivity index (χ1v) is 7.97. The van der Waals surface area contributed by atoms with Gasteiger partial charge < -0.3 is 14.4 Å². The molecule has 2 atom stereocenters. The van der Waals surface area contributed by atoms with E-state index in [1.807, 2.05) is 0 Å². The van der Waals surface area contributed by atoms with Crippen LogP contribution >= 0.6 is 11.8 Å². The summed E-state index contributed by atoms with van der Waals surface area (Å²) in [5, 5.41) is 9.97. The molecule has 1 aromatic rings. The highest BCUT2D eigenvalue weighted by Crippen LogP contribution is 2.25. The number of hydrogen-bond donors (Lipinski definition) is 1. The molecule has 1 saturated carbocycles. The first-order valence-electron chi connectivity index (χ1n) is 6.92. The van der Waals surface area contributed by atoms with Crippen molar-refractivity contribution >= 4 is 17.7 Å². The number of thioether (sulfide) groups is 1. The lowest BCUT2D eigenvalue weighted by Gasteiger charge is -2.34. The Kier molecular flexibility index (Phi) is 5.64. The van der Waals surface area contributed by atoms with Gasteiger partial charge in [0.2, 0.25) is 0 Å². The third kappa shape index (κ3) is 4.20. The van der Waals surface area contributed by atoms with Crippen molar-refractivity contribution in [2.24, 2.45) is 0 Å². The summed E-state index contributed by atoms with van der Waals surface area (Å²) in [6.45, 7) is 0. The summed E-state index contributed by atoms with van der Waals surface area (Å²) in [5.74, 6) is -2.29. The van der Waals surface area contributed by atoms with Crippen molar-refractivity contribution in [3.63, 3.8) is 0 Å². The highest BCUT2D eigenvalue weighted by atomic mass is 32.2. The van der Waals surface area contributed by atoms with E-state index in [1.54, 1.807) is 7.05 Å². The molecule has 0 spiro atoms. The molecule has 1 fully saturated rings. The van der Waals surface area contributed by atoms with E-state index in [0.717, 1.165) is 19.3 Å². The largest absolute Gasteiger partial charge is 0.455 e. The Labute approximate surface area is 126 Å². The van der Waals surface area contributed by atoms with Crippen molar-refractivity contribution in [3.8, 4) is 0 Å². The monoisotopic (exact) mass is 319 g/mol. The number of hydrogen-bond acceptors (Lipinski definition) is 4. The lowest BCUT2D eigenvalue weighted by atomic mass is 9.91. The standard InChI is InChI=1S/C14H19F2NO3S/c1-17(10-4-2-3-5-11(10)18)13(19)12-7-6-9(20-12)8-21-14(15)16/h6-7,10-11,14,18H,2-5,8H2,1H3. The van der Waals surface area contributed by atoms with Gasteiger partial charge in [0, 0.05) is 7.05 Å². The van der Waals surface area contributed by atoms with E-state index in [0.29, 0.717) is 23.9 Å². The van der Waals surface area contributed by atoms with Crippen LogP contribution in [0.2, 0.25) is 0 Å². The van der Waals surface area contributed by atoms with Gasteiger partial charge in [0.05, 0.1) is 17.9 Å². The zero-order valence-corrected chi connectivity index (χ0v) is 12.6. The fraction of sp³-hybridized carbons (Fsp3) is 0.643. The number of aliphatic hydroxyl groups is 1. The minimum absolute atomic E-state index is 0.0285. The average Bonchev–Trinajstić information content (AvgIpc) is 2.93. The number of furan rings is 1. The first-order chi connectivity index (χ1) is 9.99. The SMILES string of the molecule is CN(C(=O)c1ccc(CSC(F)F)o1)C1CCCCC1O. The van der Waals surface area contributed by atoms with Crippen LogP contribution in [0.4, 0.5) is 8.78 Å². The fourth-order valence-electron chi connectivity index (χ4n) is 2.58. The molecule has 0 bridgehead atoms. The van der Waals surface area contributed by atoms with Crippen molar-refractivity contribution in [2.75, 3.05) is 7.05 Å². The van der Waals surface area contributed by atoms with Crippen LogP contribution in [0.5, 0.6) is 0 Å². The normalized spacial score (nSPS) is 22.5. The molecule has 4 nitrogen and oxygen atoms in total. The van der Waals surface area contributed by atoms with Crippen molar-refractivity contribution in [1.82, 2.24) is 4.90 Å². The minimum atomic E-state index is -2.46. The maximum Gasteiger partial charge on any atom is 0.289 e. The summed E-state index contributed by atoms with van der Waals surface area (Å²) in [4.78, 5) is 13.8. The summed E-state index contributed by atoms with van der Waals surface area (Å²) in [6, 6.07) is 2.82. The number of halogens is 2. The second-order valence-corrected chi connectivity index (χ2v) is 6.15. The summed E-state index contributed by atoms with van der Waals surface area (Å²) in [6.07, 6.45) is 2.88. The lowest BCUT2D eigenvalue weighted by Crippen LogP contribution is -2.46. The molecule has 1 N–H and O–H groups in total. The van der Waals surface area contributed by atoms with E-state index in [-0.39, 0.29) is 23.5 Å². The molecule has 1 aliphatic rings. The second-order valence-electron chi connectivity index (χ2n) is 5.17. The van der Waals surface area contributed by atoms with Crippen LogP contribution in [-0.2, 0) is 5.75 Å². The number of nitrogens with zero attached hydrogens (tertiary/aromatic N) is 1. The highest BCUT2D eigenvalue weighted by molar-refractivity contribution is 7.98. The third-order valence-corrected chi connectivity index (χ3v) is 4.44. The topological polar surface area (TPSA) is 53.7 Å². The van der Waals surface area contributed by atoms with Gasteiger partial charge in [-0.1, -0.05) is 24.6 Å². The number of likely N-dealkylation sites (N-methyl/N-ethyl adjacent to an activating group) is 1. The van der Waals surface area contributed by atoms with E-state index < -0.39 is 11.9 Å². The van der Waals surface area contributed by atoms with E-state index >= 15 is 0 Å². The van der Waals surface area contributed by atoms with Crippen molar-refractivity contribution in [1.29, 1.82) is 0 Å². The molecule has 0 radical (unpaired) electrons. The molecule has 2 rings (SSSR count). The molecular formula is C14H19F2NO3S. The second kappa shape index (κ2) is 7.26. The number of alkyl halides is 2. The van der Waals surface area contributed by atoms with Crippen LogP contribution in [0.25, 0.3) is 0 Å². The van der Waals surface area contributed by atoms with Crippen LogP contribution < -0.4 is 0 Å². The molecule has 0 aromatic carbocycles. The van der Waals surface area contributed by atoms with Gasteiger partial charge in [-0.2, -0.15) is 8.78 Å². The Morgan fingerprint density at radius 3 is 2.86 bits per heavy atom. The molecule has 0 saturated heterocycles. The van der Waals surface area contributed by atoms with Gasteiger partial charge in [-0.15, -0.1) is 0 Å². The Bertz CT molecular complexity index is 481. The number of carbonyl (C=O) groups is 1. The van der Waals surface area contributed by atoms with Gasteiger partial charge in [-0.3, -0.25) is 4.79 Å². The number of carbonyl (C=O) groups excluding carboxylic acids is 1. The Morgan fingerprint density at radius 1 is 1.48 bits per heavy atom. The summed E-state index contributed by atoms with van der Waals surface area (Å²) in [7, 11) is 1.64. The minimum Gasteiger partial charge on any atom is -0.455 e. The highest BCUT2D eigenvalue weighted by Gasteiger charge is 2.30. The van der Waals surface area contributed by atoms with Gasteiger partial charge in [0.1, 0.15) is 5.76 Å². The molecule has 2 unspecified atom stereocenters. The van der Waals surface area contributed by atoms with E-state index in [9.17, 15) is 18.7 Å². The van der Waals surface area contributed by atoms with Gasteiger partial charge in [0.25, 0.3) is 11.7 Å². The van der Waals surface area contributed by atoms with Gasteiger partial charge in [0.15, 0.2) is 5.76 Å². The molecule has 1 heterocycles. The van der Waals surface area contributed by atoms with Crippen LogP contribution in [0.1, 0.15) is 42.0 Å². The molecule has 118 valence electrons. The fourth-order valence-corrected chi connectivity index (χ4v) is 3.03. The van der Waals surface area contributed by atoms with Gasteiger partial charge >= 0.3 is 0 Å². The zero-order chi connectivity index (χ0) is 15.4. The smallest absolute Gasteiger partial charge is 0.289 e. The number of rotatable bonds is 5. The van der Waals surface area contributed by atoms with Crippen molar-refractivity contribution in [3.05, 3.63) is 23.7 Å². The van der Waals surface area contributed by atoms with Crippen LogP contribution in [0.3, 0.4) is 0 Å². The average molecular weight is 319 g/mol. The first kappa shape index (κ1) is 16.3. The molecule has 7 heteroatoms. The summed E-state index contributed by atoms with van der Waals surface area (Å²) >= 11 is 0.454. The van der Waals surface area contributed by atoms with Crippen LogP contribution in [-0.4, -0.2) is 40.9 Å². The van der Waals surface area contributed by atoms with E-state index in [2.05, 4.69) is 0 Å². The molecule has 0 aliphatic heterocycles. The summed E-state index contributed by atoms with van der Waals surface area (Å²) in [5.41, 5.74) is 0. The van der Waals surface area contributed by atoms with Crippen LogP contribution in [0, 0.1) is 0 Å². The van der Waals surface area contributed by atoms with E-state index in [4.69, 9.17) is 4.42 Å². The number of aliphatic hydroxyl groups excluding tert-OH is 1. The number of amides is 1. The molecular weight excluding hydrogens is 300 g/mol. The Hall–Kier alpha value is -1.08. The molecule has 1 amide bonds. The predicted molar refractivity (Wildman–Crippen MR) is 76.4 cm³/mol. The molecule has 1 aromatic heterocycles. The Morgan fingerprint density at radius 2 is 2.19 bits per heavy atom. The molecule has 1 aliphatic carbocycles.